The van der Waals surface area contributed by atoms with E-state index in [1.807, 2.05) is 0 Å². The molecular formula is C8H10N2O3. The average molecular weight is 182 g/mol. The summed E-state index contributed by atoms with van der Waals surface area (Å²) in [4.78, 5) is 14.3. The zero-order valence-corrected chi connectivity index (χ0v) is 6.84. The Kier molecular flexibility index (Phi) is 2.81. The Bertz CT molecular complexity index is 314. The molecule has 5 heteroatoms. The predicted octanol–water partition coefficient (Wildman–Crippen LogP) is -0.0859. The van der Waals surface area contributed by atoms with Gasteiger partial charge in [0.1, 0.15) is 5.75 Å². The molecule has 1 rings (SSSR count). The third-order valence-electron chi connectivity index (χ3n) is 1.74. The lowest BCUT2D eigenvalue weighted by Gasteiger charge is -2.10. The molecule has 0 saturated heterocycles. The molecule has 0 saturated carbocycles. The second-order valence-corrected chi connectivity index (χ2v) is 2.56. The maximum absolute atomic E-state index is 10.7. The fourth-order valence-corrected chi connectivity index (χ4v) is 1.05. The summed E-state index contributed by atoms with van der Waals surface area (Å²) in [5, 5.41) is 18.0. The average Bonchev–Trinajstić information content (AvgIpc) is 2.09. The minimum Gasteiger partial charge on any atom is -0.506 e. The normalized spacial score (nSPS) is 12.4. The number of nitrogens with two attached hydrogens (primary N) is 1. The topological polar surface area (TPSA) is 96.4 Å². The number of carbonyl (C=O) groups is 1. The van der Waals surface area contributed by atoms with Crippen LogP contribution in [-0.2, 0) is 4.79 Å². The van der Waals surface area contributed by atoms with Gasteiger partial charge in [-0.25, -0.2) is 0 Å². The van der Waals surface area contributed by atoms with E-state index in [9.17, 15) is 9.90 Å². The summed E-state index contributed by atoms with van der Waals surface area (Å²) < 4.78 is 0. The molecule has 1 aromatic rings. The lowest BCUT2D eigenvalue weighted by molar-refractivity contribution is -0.138. The molecular weight excluding hydrogens is 172 g/mol. The zero-order valence-electron chi connectivity index (χ0n) is 6.84. The fraction of sp³-hybridized carbons (Fsp3) is 0.250. The van der Waals surface area contributed by atoms with Gasteiger partial charge >= 0.3 is 5.97 Å². The maximum Gasteiger partial charge on any atom is 0.312 e. The van der Waals surface area contributed by atoms with Crippen LogP contribution in [0.25, 0.3) is 0 Å². The molecule has 1 aromatic heterocycles. The number of carboxylic acids is 1. The second kappa shape index (κ2) is 3.86. The van der Waals surface area contributed by atoms with Gasteiger partial charge in [-0.1, -0.05) is 0 Å². The van der Waals surface area contributed by atoms with Crippen molar-refractivity contribution in [1.82, 2.24) is 4.98 Å². The summed E-state index contributed by atoms with van der Waals surface area (Å²) in [5.74, 6) is -2.06. The van der Waals surface area contributed by atoms with Crippen LogP contribution in [0, 0.1) is 0 Å². The number of rotatable bonds is 3. The van der Waals surface area contributed by atoms with Crippen LogP contribution in [0.3, 0.4) is 0 Å². The summed E-state index contributed by atoms with van der Waals surface area (Å²) in [7, 11) is 0. The molecule has 1 unspecified atom stereocenters. The molecule has 1 heterocycles. The number of carboxylic acid groups (broad SMARTS) is 1. The number of aromatic hydroxyl groups is 1. The van der Waals surface area contributed by atoms with Gasteiger partial charge in [-0.2, -0.15) is 0 Å². The molecule has 5 nitrogen and oxygen atoms in total. The number of pyridine rings is 1. The number of aliphatic carboxylic acids is 1. The Morgan fingerprint density at radius 1 is 1.69 bits per heavy atom. The monoisotopic (exact) mass is 182 g/mol. The summed E-state index contributed by atoms with van der Waals surface area (Å²) in [6.45, 7) is -0.0487. The zero-order chi connectivity index (χ0) is 9.84. The minimum absolute atomic E-state index is 0.0487. The second-order valence-electron chi connectivity index (χ2n) is 2.56. The quantitative estimate of drug-likeness (QED) is 0.607. The fourth-order valence-electron chi connectivity index (χ4n) is 1.05. The Balaban J connectivity index is 3.04. The first-order chi connectivity index (χ1) is 6.16. The number of nitrogens with zero attached hydrogens (tertiary/aromatic N) is 1. The Hall–Kier alpha value is -1.62. The van der Waals surface area contributed by atoms with Crippen LogP contribution in [0.15, 0.2) is 18.5 Å². The first-order valence-corrected chi connectivity index (χ1v) is 3.72. The van der Waals surface area contributed by atoms with E-state index in [0.29, 0.717) is 5.56 Å². The van der Waals surface area contributed by atoms with E-state index < -0.39 is 11.9 Å². The smallest absolute Gasteiger partial charge is 0.312 e. The molecule has 13 heavy (non-hydrogen) atoms. The van der Waals surface area contributed by atoms with Gasteiger partial charge in [0.25, 0.3) is 0 Å². The number of aromatic nitrogens is 1. The SMILES string of the molecule is NCC(C(=O)O)c1ccncc1O. The molecule has 0 spiro atoms. The van der Waals surface area contributed by atoms with E-state index in [0.717, 1.165) is 0 Å². The van der Waals surface area contributed by atoms with E-state index in [-0.39, 0.29) is 12.3 Å². The van der Waals surface area contributed by atoms with Crippen molar-refractivity contribution in [3.05, 3.63) is 24.0 Å². The highest BCUT2D eigenvalue weighted by Crippen LogP contribution is 2.23. The van der Waals surface area contributed by atoms with Crippen LogP contribution < -0.4 is 5.73 Å². The van der Waals surface area contributed by atoms with E-state index in [4.69, 9.17) is 10.8 Å². The van der Waals surface area contributed by atoms with Crippen LogP contribution in [0.2, 0.25) is 0 Å². The van der Waals surface area contributed by atoms with Crippen molar-refractivity contribution < 1.29 is 15.0 Å². The molecule has 1 atom stereocenters. The van der Waals surface area contributed by atoms with Crippen molar-refractivity contribution in [2.24, 2.45) is 5.73 Å². The lowest BCUT2D eigenvalue weighted by Crippen LogP contribution is -2.21. The maximum atomic E-state index is 10.7. The number of hydrogen-bond donors (Lipinski definition) is 3. The summed E-state index contributed by atoms with van der Waals surface area (Å²) in [6.07, 6.45) is 2.61. The first-order valence-electron chi connectivity index (χ1n) is 3.72. The van der Waals surface area contributed by atoms with Crippen LogP contribution >= 0.6 is 0 Å². The third kappa shape index (κ3) is 1.94. The van der Waals surface area contributed by atoms with Gasteiger partial charge in [0.2, 0.25) is 0 Å². The van der Waals surface area contributed by atoms with Crippen molar-refractivity contribution in [1.29, 1.82) is 0 Å². The molecule has 0 aliphatic carbocycles. The largest absolute Gasteiger partial charge is 0.506 e. The van der Waals surface area contributed by atoms with E-state index >= 15 is 0 Å². The lowest BCUT2D eigenvalue weighted by atomic mass is 10.00. The molecule has 0 aromatic carbocycles. The highest BCUT2D eigenvalue weighted by Gasteiger charge is 2.20. The molecule has 0 radical (unpaired) electrons. The molecule has 0 aliphatic rings. The Labute approximate surface area is 74.8 Å². The predicted molar refractivity (Wildman–Crippen MR) is 45.3 cm³/mol. The summed E-state index contributed by atoms with van der Waals surface area (Å²) >= 11 is 0. The highest BCUT2D eigenvalue weighted by molar-refractivity contribution is 5.77. The van der Waals surface area contributed by atoms with Gasteiger partial charge in [0.05, 0.1) is 12.1 Å². The van der Waals surface area contributed by atoms with Crippen molar-refractivity contribution in [2.45, 2.75) is 5.92 Å². The summed E-state index contributed by atoms with van der Waals surface area (Å²) in [5.41, 5.74) is 5.56. The van der Waals surface area contributed by atoms with Crippen LogP contribution in [-0.4, -0.2) is 27.7 Å². The molecule has 0 aliphatic heterocycles. The minimum atomic E-state index is -1.05. The van der Waals surface area contributed by atoms with Gasteiger partial charge in [-0.05, 0) is 6.07 Å². The van der Waals surface area contributed by atoms with E-state index in [1.165, 1.54) is 18.5 Å². The van der Waals surface area contributed by atoms with Crippen molar-refractivity contribution in [3.8, 4) is 5.75 Å². The third-order valence-corrected chi connectivity index (χ3v) is 1.74. The molecule has 0 amide bonds. The number of hydrogen-bond acceptors (Lipinski definition) is 4. The van der Waals surface area contributed by atoms with Gasteiger partial charge in [0.15, 0.2) is 0 Å². The van der Waals surface area contributed by atoms with Crippen molar-refractivity contribution in [3.63, 3.8) is 0 Å². The standard InChI is InChI=1S/C8H10N2O3/c9-3-6(8(12)13)5-1-2-10-4-7(5)11/h1-2,4,6,11H,3,9H2,(H,12,13). The first kappa shape index (κ1) is 9.47. The molecule has 0 bridgehead atoms. The van der Waals surface area contributed by atoms with Crippen molar-refractivity contribution in [2.75, 3.05) is 6.54 Å². The van der Waals surface area contributed by atoms with Gasteiger partial charge < -0.3 is 15.9 Å². The Morgan fingerprint density at radius 2 is 2.38 bits per heavy atom. The van der Waals surface area contributed by atoms with Crippen LogP contribution in [0.1, 0.15) is 11.5 Å². The summed E-state index contributed by atoms with van der Waals surface area (Å²) in [6, 6.07) is 1.45. The Morgan fingerprint density at radius 3 is 2.85 bits per heavy atom. The molecule has 70 valence electrons. The van der Waals surface area contributed by atoms with Crippen LogP contribution in [0.5, 0.6) is 5.75 Å². The highest BCUT2D eigenvalue weighted by atomic mass is 16.4. The van der Waals surface area contributed by atoms with Crippen LogP contribution in [0.4, 0.5) is 0 Å². The van der Waals surface area contributed by atoms with Gasteiger partial charge in [0, 0.05) is 18.3 Å². The van der Waals surface area contributed by atoms with Crippen molar-refractivity contribution >= 4 is 5.97 Å². The van der Waals surface area contributed by atoms with E-state index in [1.54, 1.807) is 0 Å². The molecule has 0 fully saturated rings. The van der Waals surface area contributed by atoms with E-state index in [2.05, 4.69) is 4.98 Å². The molecule has 4 N–H and O–H groups in total. The van der Waals surface area contributed by atoms with Gasteiger partial charge in [-0.15, -0.1) is 0 Å². The van der Waals surface area contributed by atoms with Gasteiger partial charge in [-0.3, -0.25) is 9.78 Å².